The van der Waals surface area contributed by atoms with Crippen molar-refractivity contribution in [2.45, 2.75) is 51.6 Å². The van der Waals surface area contributed by atoms with E-state index in [1.165, 1.54) is 6.42 Å². The van der Waals surface area contributed by atoms with Crippen LogP contribution in [-0.2, 0) is 4.79 Å². The first-order valence-electron chi connectivity index (χ1n) is 7.99. The standard InChI is InChI=1S/C17H25N3O2.ClH/c1-12(2)19-17(22)13-5-7-15(8-6-13)20-16(21)10-9-14-4-3-11-18-14;/h5-8,12,14,18H,3-4,9-11H2,1-2H3,(H,19,22)(H,20,21);1H. The smallest absolute Gasteiger partial charge is 0.251 e. The van der Waals surface area contributed by atoms with Gasteiger partial charge in [0.15, 0.2) is 0 Å². The van der Waals surface area contributed by atoms with E-state index in [1.54, 1.807) is 24.3 Å². The minimum atomic E-state index is -0.0971. The average molecular weight is 340 g/mol. The molecule has 23 heavy (non-hydrogen) atoms. The summed E-state index contributed by atoms with van der Waals surface area (Å²) in [5.74, 6) is -0.0757. The van der Waals surface area contributed by atoms with Gasteiger partial charge in [0.1, 0.15) is 0 Å². The van der Waals surface area contributed by atoms with E-state index < -0.39 is 0 Å². The van der Waals surface area contributed by atoms with E-state index in [2.05, 4.69) is 16.0 Å². The van der Waals surface area contributed by atoms with Gasteiger partial charge in [0.25, 0.3) is 5.91 Å². The van der Waals surface area contributed by atoms with Crippen molar-refractivity contribution in [3.05, 3.63) is 29.8 Å². The molecule has 0 radical (unpaired) electrons. The van der Waals surface area contributed by atoms with Gasteiger partial charge < -0.3 is 16.0 Å². The number of halogens is 1. The topological polar surface area (TPSA) is 70.2 Å². The molecule has 2 amide bonds. The van der Waals surface area contributed by atoms with E-state index >= 15 is 0 Å². The molecule has 1 aromatic carbocycles. The summed E-state index contributed by atoms with van der Waals surface area (Å²) in [6.07, 6.45) is 3.76. The molecule has 128 valence electrons. The number of carbonyl (C=O) groups excluding carboxylic acids is 2. The van der Waals surface area contributed by atoms with Gasteiger partial charge in [0.05, 0.1) is 0 Å². The highest BCUT2D eigenvalue weighted by atomic mass is 35.5. The third-order valence-electron chi connectivity index (χ3n) is 3.73. The SMILES string of the molecule is CC(C)NC(=O)c1ccc(NC(=O)CCC2CCCN2)cc1.Cl. The normalized spacial score (nSPS) is 16.7. The number of hydrogen-bond donors (Lipinski definition) is 3. The number of carbonyl (C=O) groups is 2. The van der Waals surface area contributed by atoms with Crippen molar-refractivity contribution >= 4 is 29.9 Å². The van der Waals surface area contributed by atoms with Crippen LogP contribution in [0.25, 0.3) is 0 Å². The third-order valence-corrected chi connectivity index (χ3v) is 3.73. The molecule has 0 saturated carbocycles. The average Bonchev–Trinajstić information content (AvgIpc) is 2.98. The van der Waals surface area contributed by atoms with E-state index in [9.17, 15) is 9.59 Å². The Morgan fingerprint density at radius 1 is 1.26 bits per heavy atom. The second-order valence-electron chi connectivity index (χ2n) is 6.09. The van der Waals surface area contributed by atoms with Gasteiger partial charge in [-0.05, 0) is 63.9 Å². The number of amides is 2. The summed E-state index contributed by atoms with van der Waals surface area (Å²) >= 11 is 0. The maximum Gasteiger partial charge on any atom is 0.251 e. The van der Waals surface area contributed by atoms with Crippen molar-refractivity contribution < 1.29 is 9.59 Å². The molecule has 3 N–H and O–H groups in total. The molecule has 1 heterocycles. The lowest BCUT2D eigenvalue weighted by atomic mass is 10.1. The van der Waals surface area contributed by atoms with Crippen molar-refractivity contribution in [2.24, 2.45) is 0 Å². The Labute approximate surface area is 144 Å². The van der Waals surface area contributed by atoms with E-state index in [1.807, 2.05) is 13.8 Å². The molecule has 1 aliphatic heterocycles. The third kappa shape index (κ3) is 6.59. The Morgan fingerprint density at radius 3 is 2.52 bits per heavy atom. The Hall–Kier alpha value is -1.59. The quantitative estimate of drug-likeness (QED) is 0.746. The van der Waals surface area contributed by atoms with Gasteiger partial charge in [0.2, 0.25) is 5.91 Å². The number of rotatable bonds is 6. The molecule has 1 aromatic rings. The predicted octanol–water partition coefficient (Wildman–Crippen LogP) is 2.72. The number of benzene rings is 1. The molecule has 0 spiro atoms. The zero-order chi connectivity index (χ0) is 15.9. The first-order chi connectivity index (χ1) is 10.5. The van der Waals surface area contributed by atoms with E-state index in [-0.39, 0.29) is 30.3 Å². The van der Waals surface area contributed by atoms with Crippen LogP contribution >= 0.6 is 12.4 Å². The Kier molecular flexibility index (Phi) is 8.06. The lowest BCUT2D eigenvalue weighted by molar-refractivity contribution is -0.116. The van der Waals surface area contributed by atoms with Crippen molar-refractivity contribution in [2.75, 3.05) is 11.9 Å². The van der Waals surface area contributed by atoms with Crippen LogP contribution in [0.2, 0.25) is 0 Å². The van der Waals surface area contributed by atoms with Crippen LogP contribution < -0.4 is 16.0 Å². The fourth-order valence-corrected chi connectivity index (χ4v) is 2.58. The molecular weight excluding hydrogens is 314 g/mol. The maximum atomic E-state index is 11.9. The van der Waals surface area contributed by atoms with Crippen molar-refractivity contribution in [1.82, 2.24) is 10.6 Å². The monoisotopic (exact) mass is 339 g/mol. The fraction of sp³-hybridized carbons (Fsp3) is 0.529. The zero-order valence-corrected chi connectivity index (χ0v) is 14.5. The molecular formula is C17H26ClN3O2. The molecule has 1 fully saturated rings. The lowest BCUT2D eigenvalue weighted by Crippen LogP contribution is -2.30. The van der Waals surface area contributed by atoms with Crippen LogP contribution in [0.4, 0.5) is 5.69 Å². The molecule has 1 unspecified atom stereocenters. The van der Waals surface area contributed by atoms with Gasteiger partial charge in [0, 0.05) is 29.8 Å². The molecule has 1 aliphatic rings. The molecule has 1 saturated heterocycles. The van der Waals surface area contributed by atoms with Gasteiger partial charge in [-0.1, -0.05) is 0 Å². The molecule has 0 aromatic heterocycles. The summed E-state index contributed by atoms with van der Waals surface area (Å²) in [6.45, 7) is 4.91. The minimum absolute atomic E-state index is 0. The van der Waals surface area contributed by atoms with Crippen LogP contribution in [0, 0.1) is 0 Å². The van der Waals surface area contributed by atoms with Crippen molar-refractivity contribution in [3.63, 3.8) is 0 Å². The summed E-state index contributed by atoms with van der Waals surface area (Å²) in [4.78, 5) is 23.7. The van der Waals surface area contributed by atoms with E-state index in [0.29, 0.717) is 18.0 Å². The van der Waals surface area contributed by atoms with Gasteiger partial charge >= 0.3 is 0 Å². The minimum Gasteiger partial charge on any atom is -0.350 e. The summed E-state index contributed by atoms with van der Waals surface area (Å²) in [7, 11) is 0. The van der Waals surface area contributed by atoms with Crippen LogP contribution in [0.1, 0.15) is 49.9 Å². The summed E-state index contributed by atoms with van der Waals surface area (Å²) in [6, 6.07) is 7.57. The number of hydrogen-bond acceptors (Lipinski definition) is 3. The van der Waals surface area contributed by atoms with Crippen molar-refractivity contribution in [1.29, 1.82) is 0 Å². The molecule has 0 bridgehead atoms. The van der Waals surface area contributed by atoms with Gasteiger partial charge in [-0.2, -0.15) is 0 Å². The Morgan fingerprint density at radius 2 is 1.96 bits per heavy atom. The predicted molar refractivity (Wildman–Crippen MR) is 95.2 cm³/mol. The highest BCUT2D eigenvalue weighted by Gasteiger charge is 2.15. The largest absolute Gasteiger partial charge is 0.350 e. The summed E-state index contributed by atoms with van der Waals surface area (Å²) < 4.78 is 0. The van der Waals surface area contributed by atoms with E-state index in [4.69, 9.17) is 0 Å². The van der Waals surface area contributed by atoms with Crippen molar-refractivity contribution in [3.8, 4) is 0 Å². The van der Waals surface area contributed by atoms with Crippen LogP contribution in [0.15, 0.2) is 24.3 Å². The summed E-state index contributed by atoms with van der Waals surface area (Å²) in [5, 5.41) is 9.10. The van der Waals surface area contributed by atoms with Crippen LogP contribution in [0.5, 0.6) is 0 Å². The zero-order valence-electron chi connectivity index (χ0n) is 13.7. The molecule has 2 rings (SSSR count). The van der Waals surface area contributed by atoms with Crippen LogP contribution in [0.3, 0.4) is 0 Å². The number of anilines is 1. The highest BCUT2D eigenvalue weighted by molar-refractivity contribution is 5.95. The maximum absolute atomic E-state index is 11.9. The molecule has 6 heteroatoms. The fourth-order valence-electron chi connectivity index (χ4n) is 2.58. The highest BCUT2D eigenvalue weighted by Crippen LogP contribution is 2.13. The van der Waals surface area contributed by atoms with E-state index in [0.717, 1.165) is 25.1 Å². The van der Waals surface area contributed by atoms with Gasteiger partial charge in [-0.25, -0.2) is 0 Å². The van der Waals surface area contributed by atoms with Crippen LogP contribution in [-0.4, -0.2) is 30.4 Å². The van der Waals surface area contributed by atoms with Gasteiger partial charge in [-0.3, -0.25) is 9.59 Å². The first kappa shape index (κ1) is 19.5. The number of nitrogens with one attached hydrogen (secondary N) is 3. The Balaban J connectivity index is 0.00000264. The second-order valence-corrected chi connectivity index (χ2v) is 6.09. The second kappa shape index (κ2) is 9.53. The summed E-state index contributed by atoms with van der Waals surface area (Å²) in [5.41, 5.74) is 1.33. The molecule has 5 nitrogen and oxygen atoms in total. The molecule has 1 atom stereocenters. The first-order valence-corrected chi connectivity index (χ1v) is 7.99. The van der Waals surface area contributed by atoms with Gasteiger partial charge in [-0.15, -0.1) is 12.4 Å². The lowest BCUT2D eigenvalue weighted by Gasteiger charge is -2.11. The Bertz CT molecular complexity index is 511. The molecule has 0 aliphatic carbocycles.